The van der Waals surface area contributed by atoms with Crippen molar-refractivity contribution in [3.8, 4) is 5.75 Å². The number of carboxylic acid groups (broad SMARTS) is 1. The van der Waals surface area contributed by atoms with Crippen LogP contribution in [0.1, 0.15) is 38.3 Å². The van der Waals surface area contributed by atoms with Crippen LogP contribution in [0.3, 0.4) is 0 Å². The molecule has 3 heteroatoms. The third kappa shape index (κ3) is 2.55. The van der Waals surface area contributed by atoms with E-state index in [1.165, 1.54) is 11.6 Å². The molecule has 0 aromatic heterocycles. The van der Waals surface area contributed by atoms with Gasteiger partial charge in [-0.3, -0.25) is 0 Å². The lowest BCUT2D eigenvalue weighted by atomic mass is 9.84. The van der Waals surface area contributed by atoms with Gasteiger partial charge in [0.15, 0.2) is 0 Å². The lowest BCUT2D eigenvalue weighted by Gasteiger charge is -2.25. The molecular weight excluding hydrogens is 228 g/mol. The van der Waals surface area contributed by atoms with Crippen LogP contribution in [-0.4, -0.2) is 17.7 Å². The molecular formula is C15H18O3. The van der Waals surface area contributed by atoms with Crippen LogP contribution in [0.4, 0.5) is 0 Å². The van der Waals surface area contributed by atoms with Crippen molar-refractivity contribution in [3.05, 3.63) is 35.4 Å². The number of carboxylic acids is 1. The molecule has 1 N–H and O–H groups in total. The first-order chi connectivity index (χ1) is 8.38. The van der Waals surface area contributed by atoms with E-state index in [1.807, 2.05) is 18.2 Å². The van der Waals surface area contributed by atoms with E-state index in [9.17, 15) is 4.79 Å². The van der Waals surface area contributed by atoms with Gasteiger partial charge < -0.3 is 9.84 Å². The maximum atomic E-state index is 10.8. The van der Waals surface area contributed by atoms with Crippen molar-refractivity contribution in [1.29, 1.82) is 0 Å². The average molecular weight is 246 g/mol. The van der Waals surface area contributed by atoms with Crippen LogP contribution in [0.2, 0.25) is 0 Å². The summed E-state index contributed by atoms with van der Waals surface area (Å²) in [5.74, 6) is -0.124. The Morgan fingerprint density at radius 2 is 2.11 bits per heavy atom. The smallest absolute Gasteiger partial charge is 0.328 e. The predicted octanol–water partition coefficient (Wildman–Crippen LogP) is 3.23. The Labute approximate surface area is 107 Å². The van der Waals surface area contributed by atoms with Crippen LogP contribution in [0.5, 0.6) is 5.75 Å². The standard InChI is InChI=1S/C15H18O3/c1-15(2,3)11-4-5-13-12(9-11)10(6-7-18-13)8-14(16)17/h4-5,8-9H,6-7H2,1-3H3,(H,16,17)/b10-8+. The maximum absolute atomic E-state index is 10.8. The molecule has 1 aromatic carbocycles. The molecule has 0 spiro atoms. The quantitative estimate of drug-likeness (QED) is 0.774. The monoisotopic (exact) mass is 246 g/mol. The van der Waals surface area contributed by atoms with Crippen molar-refractivity contribution in [2.24, 2.45) is 0 Å². The third-order valence-corrected chi connectivity index (χ3v) is 3.12. The van der Waals surface area contributed by atoms with Crippen LogP contribution in [0.15, 0.2) is 24.3 Å². The first-order valence-corrected chi connectivity index (χ1v) is 6.09. The summed E-state index contributed by atoms with van der Waals surface area (Å²) in [4.78, 5) is 10.8. The molecule has 3 nitrogen and oxygen atoms in total. The number of rotatable bonds is 1. The summed E-state index contributed by atoms with van der Waals surface area (Å²) in [5, 5.41) is 8.90. The van der Waals surface area contributed by atoms with E-state index >= 15 is 0 Å². The molecule has 0 bridgehead atoms. The maximum Gasteiger partial charge on any atom is 0.328 e. The van der Waals surface area contributed by atoms with Crippen LogP contribution in [0.25, 0.3) is 5.57 Å². The topological polar surface area (TPSA) is 46.5 Å². The fraction of sp³-hybridized carbons (Fsp3) is 0.400. The normalized spacial score (nSPS) is 17.2. The molecule has 1 aliphatic heterocycles. The number of benzene rings is 1. The van der Waals surface area contributed by atoms with Crippen molar-refractivity contribution in [3.63, 3.8) is 0 Å². The minimum atomic E-state index is -0.904. The Hall–Kier alpha value is -1.77. The molecule has 96 valence electrons. The molecule has 0 amide bonds. The summed E-state index contributed by atoms with van der Waals surface area (Å²) in [5.41, 5.74) is 2.98. The van der Waals surface area contributed by atoms with E-state index < -0.39 is 5.97 Å². The number of hydrogen-bond acceptors (Lipinski definition) is 2. The van der Waals surface area contributed by atoms with Gasteiger partial charge in [0.1, 0.15) is 5.75 Å². The first-order valence-electron chi connectivity index (χ1n) is 6.09. The molecule has 0 saturated heterocycles. The summed E-state index contributed by atoms with van der Waals surface area (Å²) < 4.78 is 5.57. The molecule has 2 rings (SSSR count). The van der Waals surface area contributed by atoms with Gasteiger partial charge in [0.25, 0.3) is 0 Å². The number of hydrogen-bond donors (Lipinski definition) is 1. The van der Waals surface area contributed by atoms with Gasteiger partial charge in [0.2, 0.25) is 0 Å². The number of carbonyl (C=O) groups is 1. The highest BCUT2D eigenvalue weighted by Gasteiger charge is 2.20. The molecule has 1 aromatic rings. The summed E-state index contributed by atoms with van der Waals surface area (Å²) in [6, 6.07) is 6.02. The predicted molar refractivity (Wildman–Crippen MR) is 70.9 cm³/mol. The Morgan fingerprint density at radius 3 is 2.72 bits per heavy atom. The summed E-state index contributed by atoms with van der Waals surface area (Å²) in [6.45, 7) is 6.96. The molecule has 0 radical (unpaired) electrons. The van der Waals surface area contributed by atoms with E-state index in [0.29, 0.717) is 13.0 Å². The highest BCUT2D eigenvalue weighted by Crippen LogP contribution is 2.36. The Bertz CT molecular complexity index is 507. The van der Waals surface area contributed by atoms with Gasteiger partial charge in [-0.25, -0.2) is 4.79 Å². The van der Waals surface area contributed by atoms with Crippen molar-refractivity contribution in [1.82, 2.24) is 0 Å². The average Bonchev–Trinajstić information content (AvgIpc) is 2.27. The van der Waals surface area contributed by atoms with Gasteiger partial charge in [0.05, 0.1) is 6.61 Å². The van der Waals surface area contributed by atoms with Crippen LogP contribution in [0, 0.1) is 0 Å². The second-order valence-corrected chi connectivity index (χ2v) is 5.57. The van der Waals surface area contributed by atoms with E-state index in [-0.39, 0.29) is 5.41 Å². The molecule has 0 saturated carbocycles. The summed E-state index contributed by atoms with van der Waals surface area (Å²) in [7, 11) is 0. The van der Waals surface area contributed by atoms with Gasteiger partial charge in [-0.2, -0.15) is 0 Å². The number of ether oxygens (including phenoxy) is 1. The molecule has 1 heterocycles. The van der Waals surface area contributed by atoms with Gasteiger partial charge in [-0.15, -0.1) is 0 Å². The highest BCUT2D eigenvalue weighted by molar-refractivity contribution is 5.91. The van der Waals surface area contributed by atoms with Crippen LogP contribution >= 0.6 is 0 Å². The minimum Gasteiger partial charge on any atom is -0.493 e. The molecule has 0 aliphatic carbocycles. The van der Waals surface area contributed by atoms with Gasteiger partial charge >= 0.3 is 5.97 Å². The zero-order valence-electron chi connectivity index (χ0n) is 11.0. The second kappa shape index (κ2) is 4.48. The molecule has 18 heavy (non-hydrogen) atoms. The summed E-state index contributed by atoms with van der Waals surface area (Å²) in [6.07, 6.45) is 1.93. The van der Waals surface area contributed by atoms with Crippen molar-refractivity contribution in [2.45, 2.75) is 32.6 Å². The fourth-order valence-electron chi connectivity index (χ4n) is 2.08. The van der Waals surface area contributed by atoms with Gasteiger partial charge in [0, 0.05) is 18.1 Å². The Kier molecular flexibility index (Phi) is 3.16. The van der Waals surface area contributed by atoms with E-state index in [2.05, 4.69) is 20.8 Å². The first kappa shape index (κ1) is 12.7. The van der Waals surface area contributed by atoms with Gasteiger partial charge in [-0.05, 0) is 28.7 Å². The lowest BCUT2D eigenvalue weighted by Crippen LogP contribution is -2.14. The zero-order chi connectivity index (χ0) is 13.3. The van der Waals surface area contributed by atoms with E-state index in [4.69, 9.17) is 9.84 Å². The zero-order valence-corrected chi connectivity index (χ0v) is 11.0. The molecule has 1 aliphatic rings. The SMILES string of the molecule is CC(C)(C)c1ccc2c(c1)/C(=C/C(=O)O)CCO2. The van der Waals surface area contributed by atoms with Crippen molar-refractivity contribution >= 4 is 11.5 Å². The van der Waals surface area contributed by atoms with Crippen LogP contribution in [-0.2, 0) is 10.2 Å². The fourth-order valence-corrected chi connectivity index (χ4v) is 2.08. The minimum absolute atomic E-state index is 0.0425. The number of fused-ring (bicyclic) bond motifs is 1. The molecule has 0 atom stereocenters. The molecule has 0 fully saturated rings. The Balaban J connectivity index is 2.51. The van der Waals surface area contributed by atoms with Crippen molar-refractivity contribution < 1.29 is 14.6 Å². The lowest BCUT2D eigenvalue weighted by molar-refractivity contribution is -0.131. The van der Waals surface area contributed by atoms with Crippen LogP contribution < -0.4 is 4.74 Å². The Morgan fingerprint density at radius 1 is 1.39 bits per heavy atom. The second-order valence-electron chi connectivity index (χ2n) is 5.57. The van der Waals surface area contributed by atoms with Gasteiger partial charge in [-0.1, -0.05) is 26.8 Å². The largest absolute Gasteiger partial charge is 0.493 e. The van der Waals surface area contributed by atoms with E-state index in [0.717, 1.165) is 16.9 Å². The highest BCUT2D eigenvalue weighted by atomic mass is 16.5. The number of aliphatic carboxylic acids is 1. The summed E-state index contributed by atoms with van der Waals surface area (Å²) >= 11 is 0. The van der Waals surface area contributed by atoms with E-state index in [1.54, 1.807) is 0 Å². The third-order valence-electron chi connectivity index (χ3n) is 3.12. The van der Waals surface area contributed by atoms with Crippen molar-refractivity contribution in [2.75, 3.05) is 6.61 Å². The molecule has 0 unspecified atom stereocenters.